The summed E-state index contributed by atoms with van der Waals surface area (Å²) in [5.41, 5.74) is 0.684. The molecule has 0 atom stereocenters. The summed E-state index contributed by atoms with van der Waals surface area (Å²) in [4.78, 5) is 6.45. The molecule has 0 amide bonds. The number of rotatable bonds is 7. The molecule has 0 aromatic carbocycles. The largest absolute Gasteiger partial charge is 0.475 e. The van der Waals surface area contributed by atoms with Gasteiger partial charge in [0.25, 0.3) is 0 Å². The van der Waals surface area contributed by atoms with Crippen LogP contribution in [0.1, 0.15) is 33.3 Å². The van der Waals surface area contributed by atoms with Gasteiger partial charge in [0.2, 0.25) is 5.88 Å². The van der Waals surface area contributed by atoms with Crippen molar-refractivity contribution in [2.45, 2.75) is 46.4 Å². The lowest BCUT2D eigenvalue weighted by molar-refractivity contribution is 0.140. The minimum atomic E-state index is -0.0680. The molecule has 0 radical (unpaired) electrons. The van der Waals surface area contributed by atoms with E-state index < -0.39 is 0 Å². The van der Waals surface area contributed by atoms with E-state index in [1.807, 2.05) is 0 Å². The summed E-state index contributed by atoms with van der Waals surface area (Å²) in [7, 11) is 0. The Morgan fingerprint density at radius 2 is 1.95 bits per heavy atom. The van der Waals surface area contributed by atoms with Crippen LogP contribution in [0.5, 0.6) is 5.88 Å². The van der Waals surface area contributed by atoms with Crippen LogP contribution in [0.15, 0.2) is 12.3 Å². The van der Waals surface area contributed by atoms with Crippen molar-refractivity contribution in [1.29, 1.82) is 0 Å². The zero-order valence-electron chi connectivity index (χ0n) is 12.1. The van der Waals surface area contributed by atoms with Crippen molar-refractivity contribution < 1.29 is 9.84 Å². The number of aromatic nitrogens is 1. The number of ether oxygens (including phenoxy) is 1. The van der Waals surface area contributed by atoms with Crippen molar-refractivity contribution in [3.63, 3.8) is 0 Å². The standard InChI is InChI=1S/C14H23ClN2O2/c1-10(2)17(11(3)4)5-6-19-14-13(15)7-12(9-18)8-16-14/h7-8,10-11,18H,5-6,9H2,1-4H3. The predicted octanol–water partition coefficient (Wildman–Crippen LogP) is 2.72. The number of halogens is 1. The zero-order chi connectivity index (χ0) is 14.4. The van der Waals surface area contributed by atoms with Crippen LogP contribution < -0.4 is 4.74 Å². The maximum absolute atomic E-state index is 8.98. The highest BCUT2D eigenvalue weighted by Gasteiger charge is 2.13. The smallest absolute Gasteiger partial charge is 0.232 e. The van der Waals surface area contributed by atoms with Crippen LogP contribution in [0.2, 0.25) is 5.02 Å². The van der Waals surface area contributed by atoms with Gasteiger partial charge >= 0.3 is 0 Å². The van der Waals surface area contributed by atoms with Gasteiger partial charge in [-0.1, -0.05) is 11.6 Å². The van der Waals surface area contributed by atoms with Gasteiger partial charge in [-0.3, -0.25) is 4.90 Å². The highest BCUT2D eigenvalue weighted by atomic mass is 35.5. The van der Waals surface area contributed by atoms with Gasteiger partial charge in [0.15, 0.2) is 0 Å². The lowest BCUT2D eigenvalue weighted by Gasteiger charge is -2.30. The van der Waals surface area contributed by atoms with E-state index in [1.165, 1.54) is 0 Å². The molecular formula is C14H23ClN2O2. The summed E-state index contributed by atoms with van der Waals surface area (Å²) in [5.74, 6) is 0.423. The van der Waals surface area contributed by atoms with Gasteiger partial charge in [0.1, 0.15) is 11.6 Å². The second-order valence-corrected chi connectivity index (χ2v) is 5.47. The fraction of sp³-hybridized carbons (Fsp3) is 0.643. The Balaban J connectivity index is 2.53. The van der Waals surface area contributed by atoms with Crippen LogP contribution in [0, 0.1) is 0 Å². The first kappa shape index (κ1) is 16.2. The fourth-order valence-electron chi connectivity index (χ4n) is 2.02. The van der Waals surface area contributed by atoms with E-state index in [4.69, 9.17) is 21.4 Å². The van der Waals surface area contributed by atoms with Crippen LogP contribution in [-0.2, 0) is 6.61 Å². The molecule has 4 nitrogen and oxygen atoms in total. The van der Waals surface area contributed by atoms with Crippen LogP contribution in [-0.4, -0.2) is 40.2 Å². The van der Waals surface area contributed by atoms with Crippen molar-refractivity contribution in [2.75, 3.05) is 13.2 Å². The Morgan fingerprint density at radius 3 is 2.42 bits per heavy atom. The van der Waals surface area contributed by atoms with Gasteiger partial charge in [0.05, 0.1) is 6.61 Å². The molecule has 0 aliphatic heterocycles. The van der Waals surface area contributed by atoms with Crippen molar-refractivity contribution in [3.05, 3.63) is 22.8 Å². The quantitative estimate of drug-likeness (QED) is 0.837. The summed E-state index contributed by atoms with van der Waals surface area (Å²) >= 11 is 6.04. The Labute approximate surface area is 120 Å². The van der Waals surface area contributed by atoms with Gasteiger partial charge in [-0.25, -0.2) is 4.98 Å². The van der Waals surface area contributed by atoms with Crippen LogP contribution in [0.3, 0.4) is 0 Å². The normalized spacial score (nSPS) is 11.6. The molecule has 0 aliphatic carbocycles. The van der Waals surface area contributed by atoms with E-state index in [1.54, 1.807) is 12.3 Å². The van der Waals surface area contributed by atoms with E-state index in [-0.39, 0.29) is 6.61 Å². The summed E-state index contributed by atoms with van der Waals surface area (Å²) in [6.07, 6.45) is 1.57. The van der Waals surface area contributed by atoms with Gasteiger partial charge in [-0.05, 0) is 39.3 Å². The van der Waals surface area contributed by atoms with E-state index in [2.05, 4.69) is 37.6 Å². The number of hydrogen-bond acceptors (Lipinski definition) is 4. The van der Waals surface area contributed by atoms with Crippen LogP contribution in [0.4, 0.5) is 0 Å². The molecule has 5 heteroatoms. The van der Waals surface area contributed by atoms with E-state index >= 15 is 0 Å². The van der Waals surface area contributed by atoms with Crippen molar-refractivity contribution >= 4 is 11.6 Å². The fourth-order valence-corrected chi connectivity index (χ4v) is 2.26. The predicted molar refractivity (Wildman–Crippen MR) is 77.6 cm³/mol. The number of nitrogens with zero attached hydrogens (tertiary/aromatic N) is 2. The summed E-state index contributed by atoms with van der Waals surface area (Å²) in [5, 5.41) is 9.42. The highest BCUT2D eigenvalue weighted by molar-refractivity contribution is 6.31. The first-order valence-electron chi connectivity index (χ1n) is 6.59. The molecule has 108 valence electrons. The molecule has 1 rings (SSSR count). The molecule has 1 aromatic heterocycles. The van der Waals surface area contributed by atoms with E-state index in [9.17, 15) is 0 Å². The Hall–Kier alpha value is -0.840. The minimum absolute atomic E-state index is 0.0680. The van der Waals surface area contributed by atoms with Crippen molar-refractivity contribution in [3.8, 4) is 5.88 Å². The second kappa shape index (κ2) is 7.68. The molecule has 0 bridgehead atoms. The molecule has 0 saturated heterocycles. The monoisotopic (exact) mass is 286 g/mol. The van der Waals surface area contributed by atoms with Gasteiger partial charge in [-0.15, -0.1) is 0 Å². The first-order valence-corrected chi connectivity index (χ1v) is 6.97. The number of aliphatic hydroxyl groups is 1. The summed E-state index contributed by atoms with van der Waals surface area (Å²) < 4.78 is 5.60. The van der Waals surface area contributed by atoms with Crippen molar-refractivity contribution in [2.24, 2.45) is 0 Å². The molecule has 0 aliphatic rings. The minimum Gasteiger partial charge on any atom is -0.475 e. The molecule has 0 unspecified atom stereocenters. The zero-order valence-corrected chi connectivity index (χ0v) is 12.8. The van der Waals surface area contributed by atoms with Gasteiger partial charge in [-0.2, -0.15) is 0 Å². The topological polar surface area (TPSA) is 45.6 Å². The SMILES string of the molecule is CC(C)N(CCOc1ncc(CO)cc1Cl)C(C)C. The molecule has 0 fully saturated rings. The molecular weight excluding hydrogens is 264 g/mol. The first-order chi connectivity index (χ1) is 8.95. The van der Waals surface area contributed by atoms with Crippen LogP contribution in [0.25, 0.3) is 0 Å². The molecule has 1 aromatic rings. The van der Waals surface area contributed by atoms with Crippen molar-refractivity contribution in [1.82, 2.24) is 9.88 Å². The number of pyridine rings is 1. The molecule has 1 N–H and O–H groups in total. The van der Waals surface area contributed by atoms with Crippen LogP contribution >= 0.6 is 11.6 Å². The maximum atomic E-state index is 8.98. The Kier molecular flexibility index (Phi) is 6.55. The van der Waals surface area contributed by atoms with Gasteiger partial charge < -0.3 is 9.84 Å². The molecule has 0 spiro atoms. The molecule has 1 heterocycles. The number of aliphatic hydroxyl groups excluding tert-OH is 1. The third-order valence-electron chi connectivity index (χ3n) is 2.96. The Bertz CT molecular complexity index is 389. The maximum Gasteiger partial charge on any atom is 0.232 e. The second-order valence-electron chi connectivity index (χ2n) is 5.06. The summed E-state index contributed by atoms with van der Waals surface area (Å²) in [6, 6.07) is 2.62. The highest BCUT2D eigenvalue weighted by Crippen LogP contribution is 2.22. The summed E-state index contributed by atoms with van der Waals surface area (Å²) in [6.45, 7) is 9.98. The Morgan fingerprint density at radius 1 is 1.32 bits per heavy atom. The van der Waals surface area contributed by atoms with E-state index in [0.29, 0.717) is 35.2 Å². The third-order valence-corrected chi connectivity index (χ3v) is 3.23. The lowest BCUT2D eigenvalue weighted by atomic mass is 10.2. The molecule has 0 saturated carbocycles. The average molecular weight is 287 g/mol. The van der Waals surface area contributed by atoms with Gasteiger partial charge in [0, 0.05) is 24.8 Å². The molecule has 19 heavy (non-hydrogen) atoms. The lowest BCUT2D eigenvalue weighted by Crippen LogP contribution is -2.39. The van der Waals surface area contributed by atoms with E-state index in [0.717, 1.165) is 6.54 Å². The average Bonchev–Trinajstić information content (AvgIpc) is 2.35. The number of hydrogen-bond donors (Lipinski definition) is 1. The third kappa shape index (κ3) is 4.97.